The fourth-order valence-electron chi connectivity index (χ4n) is 3.53. The van der Waals surface area contributed by atoms with Crippen molar-refractivity contribution in [1.82, 2.24) is 14.5 Å². The highest BCUT2D eigenvalue weighted by atomic mass is 32.1. The van der Waals surface area contributed by atoms with E-state index >= 15 is 0 Å². The van der Waals surface area contributed by atoms with Gasteiger partial charge < -0.3 is 15.2 Å². The third-order valence-corrected chi connectivity index (χ3v) is 6.04. The van der Waals surface area contributed by atoms with Gasteiger partial charge in [0.1, 0.15) is 10.2 Å². The predicted molar refractivity (Wildman–Crippen MR) is 117 cm³/mol. The van der Waals surface area contributed by atoms with Crippen LogP contribution in [0.25, 0.3) is 11.6 Å². The molecule has 4 heterocycles. The molecule has 0 saturated heterocycles. The van der Waals surface area contributed by atoms with E-state index in [-0.39, 0.29) is 21.5 Å². The Balaban J connectivity index is 2.14. The monoisotopic (exact) mass is 450 g/mol. The highest BCUT2D eigenvalue weighted by Gasteiger charge is 2.38. The Morgan fingerprint density at radius 3 is 2.38 bits per heavy atom. The molecule has 0 amide bonds. The van der Waals surface area contributed by atoms with E-state index in [1.54, 1.807) is 48.9 Å². The number of nitrogens with two attached hydrogens (primary N) is 1. The zero-order valence-corrected chi connectivity index (χ0v) is 18.0. The summed E-state index contributed by atoms with van der Waals surface area (Å²) in [7, 11) is 2.40. The minimum atomic E-state index is -0.931. The van der Waals surface area contributed by atoms with Gasteiger partial charge >= 0.3 is 11.9 Å². The number of thiazole rings is 1. The zero-order valence-electron chi connectivity index (χ0n) is 17.1. The van der Waals surface area contributed by atoms with Gasteiger partial charge in [0.05, 0.1) is 36.1 Å². The van der Waals surface area contributed by atoms with Crippen LogP contribution in [0.1, 0.15) is 17.2 Å². The Morgan fingerprint density at radius 2 is 1.78 bits per heavy atom. The highest BCUT2D eigenvalue weighted by Crippen LogP contribution is 2.31. The van der Waals surface area contributed by atoms with E-state index in [4.69, 9.17) is 15.2 Å². The average molecular weight is 450 g/mol. The molecular weight excluding hydrogens is 432 g/mol. The summed E-state index contributed by atoms with van der Waals surface area (Å²) in [5.41, 5.74) is 6.94. The maximum absolute atomic E-state index is 13.5. The molecule has 0 aliphatic carbocycles. The Morgan fingerprint density at radius 1 is 1.09 bits per heavy atom. The number of carbonyl (C=O) groups is 2. The van der Waals surface area contributed by atoms with Crippen molar-refractivity contribution >= 4 is 34.9 Å². The van der Waals surface area contributed by atoms with Crippen LogP contribution in [0.3, 0.4) is 0 Å². The van der Waals surface area contributed by atoms with E-state index in [0.29, 0.717) is 15.7 Å². The molecule has 0 saturated carbocycles. The fraction of sp³-hybridized carbons (Fsp3) is 0.136. The van der Waals surface area contributed by atoms with Crippen LogP contribution in [0, 0.1) is 0 Å². The molecule has 0 aromatic carbocycles. The van der Waals surface area contributed by atoms with E-state index < -0.39 is 23.5 Å². The van der Waals surface area contributed by atoms with Crippen LogP contribution < -0.4 is 20.5 Å². The molecule has 32 heavy (non-hydrogen) atoms. The number of esters is 2. The smallest absolute Gasteiger partial charge is 0.342 e. The van der Waals surface area contributed by atoms with Gasteiger partial charge in [0.15, 0.2) is 0 Å². The summed E-state index contributed by atoms with van der Waals surface area (Å²) >= 11 is 1.07. The summed E-state index contributed by atoms with van der Waals surface area (Å²) in [6.07, 6.45) is 8.00. The molecule has 0 radical (unpaired) electrons. The normalized spacial score (nSPS) is 16.0. The first-order valence-electron chi connectivity index (χ1n) is 9.41. The van der Waals surface area contributed by atoms with Gasteiger partial charge in [0.25, 0.3) is 5.56 Å². The van der Waals surface area contributed by atoms with Crippen molar-refractivity contribution in [3.63, 3.8) is 0 Å². The number of fused-ring (bicyclic) bond motifs is 1. The topological polar surface area (TPSA) is 126 Å². The highest BCUT2D eigenvalue weighted by molar-refractivity contribution is 7.07. The van der Waals surface area contributed by atoms with Crippen LogP contribution in [-0.2, 0) is 19.1 Å². The molecule has 0 spiro atoms. The molecule has 1 atom stereocenters. The Bertz CT molecular complexity index is 1410. The van der Waals surface area contributed by atoms with E-state index in [1.807, 2.05) is 0 Å². The summed E-state index contributed by atoms with van der Waals surface area (Å²) in [5, 5.41) is 0. The van der Waals surface area contributed by atoms with Crippen molar-refractivity contribution in [2.24, 2.45) is 5.73 Å². The first-order chi connectivity index (χ1) is 15.5. The maximum Gasteiger partial charge on any atom is 0.342 e. The van der Waals surface area contributed by atoms with E-state index in [9.17, 15) is 14.4 Å². The number of carbonyl (C=O) groups excluding carboxylic acids is 2. The van der Waals surface area contributed by atoms with Crippen LogP contribution in [0.4, 0.5) is 0 Å². The largest absolute Gasteiger partial charge is 0.466 e. The summed E-state index contributed by atoms with van der Waals surface area (Å²) in [6.45, 7) is 0. The summed E-state index contributed by atoms with van der Waals surface area (Å²) in [5.74, 6) is -1.53. The standard InChI is InChI=1S/C22H18N4O5S/c1-30-21(28)15-17(23)16(22(29)31-2)20-26(18(15)13-6-4-8-25-11-13)19(27)14(32-20)9-12-5-3-7-24-10-12/h3-11,18H,23H2,1-2H3. The summed E-state index contributed by atoms with van der Waals surface area (Å²) in [6, 6.07) is 6.01. The second-order valence-corrected chi connectivity index (χ2v) is 7.78. The number of pyridine rings is 2. The van der Waals surface area contributed by atoms with Crippen molar-refractivity contribution in [1.29, 1.82) is 0 Å². The zero-order chi connectivity index (χ0) is 22.8. The van der Waals surface area contributed by atoms with Gasteiger partial charge in [-0.15, -0.1) is 11.3 Å². The van der Waals surface area contributed by atoms with Crippen molar-refractivity contribution in [2.75, 3.05) is 14.2 Å². The molecule has 3 aromatic heterocycles. The molecule has 4 rings (SSSR count). The SMILES string of the molecule is COC(=O)C1=C(N)C(C(=O)OC)=c2sc(=Cc3cccnc3)c(=O)n2C1c1cccnc1. The summed E-state index contributed by atoms with van der Waals surface area (Å²) in [4.78, 5) is 47.1. The number of ether oxygens (including phenoxy) is 2. The fourth-order valence-corrected chi connectivity index (χ4v) is 4.70. The molecule has 0 fully saturated rings. The van der Waals surface area contributed by atoms with Crippen molar-refractivity contribution < 1.29 is 19.1 Å². The van der Waals surface area contributed by atoms with Crippen LogP contribution in [-0.4, -0.2) is 40.7 Å². The molecule has 1 aliphatic rings. The minimum Gasteiger partial charge on any atom is -0.466 e. The van der Waals surface area contributed by atoms with E-state index in [2.05, 4.69) is 9.97 Å². The summed E-state index contributed by atoms with van der Waals surface area (Å²) < 4.78 is 11.8. The lowest BCUT2D eigenvalue weighted by molar-refractivity contribution is -0.136. The lowest BCUT2D eigenvalue weighted by Crippen LogP contribution is -2.43. The predicted octanol–water partition coefficient (Wildman–Crippen LogP) is -0.159. The molecule has 1 aliphatic heterocycles. The quantitative estimate of drug-likeness (QED) is 0.544. The number of hydrogen-bond acceptors (Lipinski definition) is 9. The second-order valence-electron chi connectivity index (χ2n) is 6.75. The number of aromatic nitrogens is 3. The number of rotatable bonds is 4. The Labute approximate surface area is 185 Å². The second kappa shape index (κ2) is 8.60. The molecular formula is C22H18N4O5S. The third kappa shape index (κ3) is 3.50. The van der Waals surface area contributed by atoms with Gasteiger partial charge in [0.2, 0.25) is 0 Å². The molecule has 1 unspecified atom stereocenters. The van der Waals surface area contributed by atoms with Gasteiger partial charge in [-0.2, -0.15) is 0 Å². The maximum atomic E-state index is 13.5. The lowest BCUT2D eigenvalue weighted by Gasteiger charge is -2.26. The minimum absolute atomic E-state index is 0.0405. The molecule has 162 valence electrons. The number of nitrogens with zero attached hydrogens (tertiary/aromatic N) is 3. The first-order valence-corrected chi connectivity index (χ1v) is 10.2. The van der Waals surface area contributed by atoms with Crippen LogP contribution in [0.5, 0.6) is 0 Å². The first kappa shape index (κ1) is 21.2. The molecule has 0 bridgehead atoms. The molecule has 9 nitrogen and oxygen atoms in total. The van der Waals surface area contributed by atoms with Gasteiger partial charge in [-0.05, 0) is 29.3 Å². The molecule has 10 heteroatoms. The van der Waals surface area contributed by atoms with Crippen molar-refractivity contribution in [2.45, 2.75) is 6.04 Å². The van der Waals surface area contributed by atoms with Gasteiger partial charge in [-0.1, -0.05) is 12.1 Å². The van der Waals surface area contributed by atoms with E-state index in [0.717, 1.165) is 11.3 Å². The van der Waals surface area contributed by atoms with Crippen LogP contribution in [0.15, 0.2) is 65.1 Å². The molecule has 3 aromatic rings. The Hall–Kier alpha value is -4.05. The third-order valence-electron chi connectivity index (χ3n) is 4.94. The van der Waals surface area contributed by atoms with Crippen LogP contribution in [0.2, 0.25) is 0 Å². The van der Waals surface area contributed by atoms with Crippen LogP contribution >= 0.6 is 11.3 Å². The van der Waals surface area contributed by atoms with Crippen molar-refractivity contribution in [3.8, 4) is 0 Å². The van der Waals surface area contributed by atoms with Gasteiger partial charge in [-0.25, -0.2) is 9.59 Å². The van der Waals surface area contributed by atoms with Gasteiger partial charge in [-0.3, -0.25) is 19.3 Å². The van der Waals surface area contributed by atoms with Gasteiger partial charge in [0, 0.05) is 24.8 Å². The number of methoxy groups -OCH3 is 2. The number of hydrogen-bond donors (Lipinski definition) is 1. The lowest BCUT2D eigenvalue weighted by atomic mass is 9.93. The van der Waals surface area contributed by atoms with E-state index in [1.165, 1.54) is 25.0 Å². The molecule has 2 N–H and O–H groups in total. The van der Waals surface area contributed by atoms with Crippen molar-refractivity contribution in [3.05, 3.63) is 91.0 Å². The average Bonchev–Trinajstić information content (AvgIpc) is 3.13. The Kier molecular flexibility index (Phi) is 5.69.